The van der Waals surface area contributed by atoms with Gasteiger partial charge in [0, 0.05) is 11.5 Å². The zero-order valence-corrected chi connectivity index (χ0v) is 13.8. The van der Waals surface area contributed by atoms with Crippen LogP contribution >= 0.6 is 15.9 Å². The molecule has 0 saturated carbocycles. The second kappa shape index (κ2) is 5.06. The van der Waals surface area contributed by atoms with Crippen LogP contribution in [0, 0.1) is 0 Å². The molecule has 0 aliphatic carbocycles. The maximum atomic E-state index is 13.0. The number of carbonyl (C=O) groups excluding carboxylic acids is 1. The third-order valence-corrected chi connectivity index (χ3v) is 4.67. The fourth-order valence-corrected chi connectivity index (χ4v) is 3.45. The lowest BCUT2D eigenvalue weighted by Gasteiger charge is -2.20. The normalized spacial score (nSPS) is 16.9. The number of amides is 1. The van der Waals surface area contributed by atoms with Crippen molar-refractivity contribution in [3.05, 3.63) is 80.1 Å². The van der Waals surface area contributed by atoms with Crippen LogP contribution in [0.15, 0.2) is 62.2 Å². The van der Waals surface area contributed by atoms with Gasteiger partial charge in [0.05, 0.1) is 17.0 Å². The van der Waals surface area contributed by atoms with Crippen molar-refractivity contribution in [1.29, 1.82) is 0 Å². The lowest BCUT2D eigenvalue weighted by atomic mass is 9.99. The topological polar surface area (TPSA) is 50.5 Å². The van der Waals surface area contributed by atoms with Crippen LogP contribution in [-0.4, -0.2) is 17.9 Å². The van der Waals surface area contributed by atoms with E-state index in [-0.39, 0.29) is 17.1 Å². The lowest BCUT2D eigenvalue weighted by molar-refractivity contribution is 0.0771. The predicted octanol–water partition coefficient (Wildman–Crippen LogP) is 3.73. The average molecular weight is 370 g/mol. The largest absolute Gasteiger partial charge is 0.450 e. The fraction of sp³-hybridized carbons (Fsp3) is 0.111. The van der Waals surface area contributed by atoms with Crippen molar-refractivity contribution in [3.8, 4) is 0 Å². The summed E-state index contributed by atoms with van der Waals surface area (Å²) in [6.07, 6.45) is 0. The molecule has 2 aromatic carbocycles. The van der Waals surface area contributed by atoms with Crippen LogP contribution in [0.2, 0.25) is 0 Å². The average Bonchev–Trinajstić information content (AvgIpc) is 2.81. The van der Waals surface area contributed by atoms with Crippen molar-refractivity contribution in [3.63, 3.8) is 0 Å². The Morgan fingerprint density at radius 3 is 2.57 bits per heavy atom. The van der Waals surface area contributed by atoms with Crippen molar-refractivity contribution in [2.45, 2.75) is 6.04 Å². The minimum Gasteiger partial charge on any atom is -0.450 e. The second-order valence-corrected chi connectivity index (χ2v) is 6.46. The zero-order valence-electron chi connectivity index (χ0n) is 12.2. The molecule has 0 saturated heterocycles. The number of halogens is 1. The van der Waals surface area contributed by atoms with Gasteiger partial charge >= 0.3 is 0 Å². The van der Waals surface area contributed by atoms with E-state index in [0.717, 1.165) is 10.0 Å². The number of rotatable bonds is 1. The number of nitrogens with zero attached hydrogens (tertiary/aromatic N) is 1. The number of fused-ring (bicyclic) bond motifs is 2. The highest BCUT2D eigenvalue weighted by Crippen LogP contribution is 2.36. The molecule has 0 fully saturated rings. The Kier molecular flexibility index (Phi) is 3.13. The Morgan fingerprint density at radius 1 is 1.09 bits per heavy atom. The number of hydrogen-bond donors (Lipinski definition) is 0. The first-order valence-electron chi connectivity index (χ1n) is 7.16. The van der Waals surface area contributed by atoms with Gasteiger partial charge in [0.1, 0.15) is 5.58 Å². The molecule has 0 unspecified atom stereocenters. The van der Waals surface area contributed by atoms with Gasteiger partial charge in [-0.3, -0.25) is 9.59 Å². The first-order chi connectivity index (χ1) is 11.1. The van der Waals surface area contributed by atoms with Gasteiger partial charge in [0.25, 0.3) is 5.91 Å². The Morgan fingerprint density at radius 2 is 1.83 bits per heavy atom. The summed E-state index contributed by atoms with van der Waals surface area (Å²) >= 11 is 3.37. The quantitative estimate of drug-likeness (QED) is 0.656. The number of hydrogen-bond acceptors (Lipinski definition) is 3. The molecule has 5 heteroatoms. The van der Waals surface area contributed by atoms with Crippen LogP contribution in [0.5, 0.6) is 0 Å². The summed E-state index contributed by atoms with van der Waals surface area (Å²) in [5.41, 5.74) is 1.57. The molecule has 23 heavy (non-hydrogen) atoms. The van der Waals surface area contributed by atoms with Crippen molar-refractivity contribution < 1.29 is 9.21 Å². The highest BCUT2D eigenvalue weighted by molar-refractivity contribution is 9.10. The molecule has 1 amide bonds. The second-order valence-electron chi connectivity index (χ2n) is 5.54. The standard InChI is InChI=1S/C18H12BrNO3/c1-20-15(10-5-3-2-4-6-10)14-16(21)12-9-11(19)7-8-13(12)23-17(14)18(20)22/h2-9,15H,1H3/t15-/m1/s1. The molecular formula is C18H12BrNO3. The molecule has 1 aliphatic heterocycles. The van der Waals surface area contributed by atoms with Gasteiger partial charge in [-0.25, -0.2) is 0 Å². The first-order valence-corrected chi connectivity index (χ1v) is 7.95. The van der Waals surface area contributed by atoms with E-state index in [0.29, 0.717) is 16.5 Å². The Hall–Kier alpha value is -2.40. The van der Waals surface area contributed by atoms with E-state index >= 15 is 0 Å². The van der Waals surface area contributed by atoms with Crippen LogP contribution in [0.1, 0.15) is 27.7 Å². The van der Waals surface area contributed by atoms with E-state index in [1.807, 2.05) is 30.3 Å². The monoisotopic (exact) mass is 369 g/mol. The Balaban J connectivity index is 2.06. The molecule has 0 N–H and O–H groups in total. The molecule has 1 aliphatic rings. The molecule has 4 nitrogen and oxygen atoms in total. The van der Waals surface area contributed by atoms with E-state index in [1.54, 1.807) is 30.1 Å². The van der Waals surface area contributed by atoms with E-state index in [2.05, 4.69) is 15.9 Å². The summed E-state index contributed by atoms with van der Waals surface area (Å²) in [6.45, 7) is 0. The molecule has 0 radical (unpaired) electrons. The minimum absolute atomic E-state index is 0.140. The van der Waals surface area contributed by atoms with E-state index in [1.165, 1.54) is 0 Å². The van der Waals surface area contributed by atoms with Gasteiger partial charge in [-0.1, -0.05) is 46.3 Å². The maximum Gasteiger partial charge on any atom is 0.290 e. The van der Waals surface area contributed by atoms with Gasteiger partial charge in [-0.05, 0) is 23.8 Å². The highest BCUT2D eigenvalue weighted by atomic mass is 79.9. The van der Waals surface area contributed by atoms with E-state index in [9.17, 15) is 9.59 Å². The van der Waals surface area contributed by atoms with Gasteiger partial charge in [0.15, 0.2) is 5.43 Å². The molecule has 4 rings (SSSR count). The van der Waals surface area contributed by atoms with Crippen LogP contribution in [0.3, 0.4) is 0 Å². The van der Waals surface area contributed by atoms with Gasteiger partial charge in [-0.15, -0.1) is 0 Å². The van der Waals surface area contributed by atoms with Crippen molar-refractivity contribution >= 4 is 32.8 Å². The molecular weight excluding hydrogens is 358 g/mol. The summed E-state index contributed by atoms with van der Waals surface area (Å²) in [5, 5.41) is 0.474. The number of benzene rings is 2. The summed E-state index contributed by atoms with van der Waals surface area (Å²) in [7, 11) is 1.69. The van der Waals surface area contributed by atoms with Crippen molar-refractivity contribution in [2.24, 2.45) is 0 Å². The van der Waals surface area contributed by atoms with Crippen LogP contribution < -0.4 is 5.43 Å². The summed E-state index contributed by atoms with van der Waals surface area (Å²) in [6, 6.07) is 14.3. The third-order valence-electron chi connectivity index (χ3n) is 4.18. The van der Waals surface area contributed by atoms with Gasteiger partial charge < -0.3 is 9.32 Å². The third kappa shape index (κ3) is 2.04. The molecule has 0 bridgehead atoms. The Labute approximate surface area is 140 Å². The fourth-order valence-electron chi connectivity index (χ4n) is 3.09. The minimum atomic E-state index is -0.418. The van der Waals surface area contributed by atoms with Crippen LogP contribution in [-0.2, 0) is 0 Å². The van der Waals surface area contributed by atoms with E-state index < -0.39 is 6.04 Å². The molecule has 0 spiro atoms. The predicted molar refractivity (Wildman–Crippen MR) is 90.6 cm³/mol. The first kappa shape index (κ1) is 14.2. The van der Waals surface area contributed by atoms with Gasteiger partial charge in [-0.2, -0.15) is 0 Å². The van der Waals surface area contributed by atoms with Gasteiger partial charge in [0.2, 0.25) is 5.76 Å². The van der Waals surface area contributed by atoms with E-state index in [4.69, 9.17) is 4.42 Å². The summed E-state index contributed by atoms with van der Waals surface area (Å²) < 4.78 is 6.56. The molecule has 1 atom stereocenters. The van der Waals surface area contributed by atoms with Crippen LogP contribution in [0.25, 0.3) is 11.0 Å². The lowest BCUT2D eigenvalue weighted by Crippen LogP contribution is -2.25. The smallest absolute Gasteiger partial charge is 0.290 e. The maximum absolute atomic E-state index is 13.0. The molecule has 2 heterocycles. The zero-order chi connectivity index (χ0) is 16.1. The molecule has 114 valence electrons. The summed E-state index contributed by atoms with van der Waals surface area (Å²) in [5.74, 6) is -0.128. The highest BCUT2D eigenvalue weighted by Gasteiger charge is 2.40. The summed E-state index contributed by atoms with van der Waals surface area (Å²) in [4.78, 5) is 27.1. The number of carbonyl (C=O) groups is 1. The molecule has 3 aromatic rings. The van der Waals surface area contributed by atoms with Crippen LogP contribution in [0.4, 0.5) is 0 Å². The SMILES string of the molecule is CN1C(=O)c2oc3ccc(Br)cc3c(=O)c2[C@H]1c1ccccc1. The molecule has 1 aromatic heterocycles. The Bertz CT molecular complexity index is 994. The van der Waals surface area contributed by atoms with Crippen molar-refractivity contribution in [1.82, 2.24) is 4.90 Å². The van der Waals surface area contributed by atoms with Crippen molar-refractivity contribution in [2.75, 3.05) is 7.05 Å².